The average Bonchev–Trinajstić information content (AvgIpc) is 2.48. The van der Waals surface area contributed by atoms with Gasteiger partial charge in [0.05, 0.1) is 16.1 Å². The summed E-state index contributed by atoms with van der Waals surface area (Å²) in [5.41, 5.74) is -0.0872. The molecule has 0 amide bonds. The highest BCUT2D eigenvalue weighted by Crippen LogP contribution is 2.29. The number of benzene rings is 2. The Kier molecular flexibility index (Phi) is 5.03. The van der Waals surface area contributed by atoms with E-state index < -0.39 is 22.6 Å². The molecule has 0 bridgehead atoms. The summed E-state index contributed by atoms with van der Waals surface area (Å²) in [5, 5.41) is 8.98. The molecule has 0 spiro atoms. The summed E-state index contributed by atoms with van der Waals surface area (Å²) in [6.45, 7) is -1.63. The molecular weight excluding hydrogens is 344 g/mol. The minimum absolute atomic E-state index is 0.182. The zero-order chi connectivity index (χ0) is 17.9. The van der Waals surface area contributed by atoms with Gasteiger partial charge >= 0.3 is 12.6 Å². The van der Waals surface area contributed by atoms with E-state index in [0.717, 1.165) is 6.07 Å². The number of ether oxygens (including phenoxy) is 1. The third-order valence-corrected chi connectivity index (χ3v) is 4.58. The van der Waals surface area contributed by atoms with Crippen LogP contribution in [0.15, 0.2) is 47.4 Å². The molecule has 0 unspecified atom stereocenters. The second-order valence-corrected chi connectivity index (χ2v) is 6.42. The fourth-order valence-electron chi connectivity index (χ4n) is 1.97. The van der Waals surface area contributed by atoms with Gasteiger partial charge in [-0.25, -0.2) is 13.2 Å². The molecule has 0 aliphatic heterocycles. The number of nitrogens with one attached hydrogen (secondary N) is 1. The summed E-state index contributed by atoms with van der Waals surface area (Å²) in [4.78, 5) is 10.7. The quantitative estimate of drug-likeness (QED) is 0.829. The molecule has 6 nitrogen and oxygen atoms in total. The van der Waals surface area contributed by atoms with E-state index in [9.17, 15) is 22.0 Å². The first kappa shape index (κ1) is 17.7. The largest absolute Gasteiger partial charge is 0.478 e. The number of carboxylic acid groups (broad SMARTS) is 1. The van der Waals surface area contributed by atoms with Crippen LogP contribution >= 0.6 is 0 Å². The van der Waals surface area contributed by atoms with E-state index >= 15 is 0 Å². The molecule has 2 aromatic carbocycles. The lowest BCUT2D eigenvalue weighted by molar-refractivity contribution is -0.0493. The summed E-state index contributed by atoms with van der Waals surface area (Å²) in [5.74, 6) is -1.63. The number of aryl methyl sites for hydroxylation is 1. The van der Waals surface area contributed by atoms with Crippen molar-refractivity contribution < 1.29 is 31.8 Å². The van der Waals surface area contributed by atoms with E-state index in [0.29, 0.717) is 5.56 Å². The Balaban J connectivity index is 2.43. The van der Waals surface area contributed by atoms with Crippen molar-refractivity contribution in [1.82, 2.24) is 0 Å². The van der Waals surface area contributed by atoms with Gasteiger partial charge < -0.3 is 9.84 Å². The topological polar surface area (TPSA) is 92.7 Å². The highest BCUT2D eigenvalue weighted by atomic mass is 32.2. The van der Waals surface area contributed by atoms with Crippen LogP contribution in [0.2, 0.25) is 0 Å². The van der Waals surface area contributed by atoms with E-state index in [4.69, 9.17) is 5.11 Å². The van der Waals surface area contributed by atoms with E-state index in [1.54, 1.807) is 0 Å². The summed E-state index contributed by atoms with van der Waals surface area (Å²) in [7, 11) is -4.20. The first-order valence-corrected chi connectivity index (χ1v) is 8.09. The number of hydrogen-bond acceptors (Lipinski definition) is 4. The average molecular weight is 357 g/mol. The first-order valence-electron chi connectivity index (χ1n) is 6.61. The van der Waals surface area contributed by atoms with Crippen LogP contribution in [0, 0.1) is 6.92 Å². The van der Waals surface area contributed by atoms with Crippen LogP contribution in [0.4, 0.5) is 14.5 Å². The van der Waals surface area contributed by atoms with Gasteiger partial charge in [0.2, 0.25) is 0 Å². The van der Waals surface area contributed by atoms with Crippen molar-refractivity contribution >= 4 is 21.7 Å². The molecule has 2 aromatic rings. The number of hydrogen-bond donors (Lipinski definition) is 2. The number of aromatic carboxylic acids is 1. The Morgan fingerprint density at radius 3 is 2.50 bits per heavy atom. The molecule has 0 heterocycles. The van der Waals surface area contributed by atoms with Gasteiger partial charge in [0.15, 0.2) is 0 Å². The van der Waals surface area contributed by atoms with Gasteiger partial charge in [-0.15, -0.1) is 0 Å². The summed E-state index contributed by atoms with van der Waals surface area (Å²) in [6.07, 6.45) is 0. The van der Waals surface area contributed by atoms with Crippen LogP contribution in [0.25, 0.3) is 0 Å². The number of sulfonamides is 1. The Labute approximate surface area is 136 Å². The Morgan fingerprint density at radius 2 is 1.88 bits per heavy atom. The van der Waals surface area contributed by atoms with Gasteiger partial charge in [-0.3, -0.25) is 4.72 Å². The minimum atomic E-state index is -4.20. The predicted octanol–water partition coefficient (Wildman–Crippen LogP) is 3.10. The smallest absolute Gasteiger partial charge is 0.387 e. The molecule has 0 aliphatic carbocycles. The molecule has 0 aromatic heterocycles. The third kappa shape index (κ3) is 3.99. The summed E-state index contributed by atoms with van der Waals surface area (Å²) >= 11 is 0. The maximum absolute atomic E-state index is 12.5. The Bertz CT molecular complexity index is 868. The maximum Gasteiger partial charge on any atom is 0.387 e. The number of halogens is 2. The maximum atomic E-state index is 12.5. The van der Waals surface area contributed by atoms with Crippen LogP contribution in [0.5, 0.6) is 5.75 Å². The number of alkyl halides is 2. The summed E-state index contributed by atoms with van der Waals surface area (Å²) in [6, 6.07) is 8.90. The second-order valence-electron chi connectivity index (χ2n) is 4.77. The van der Waals surface area contributed by atoms with Crippen LogP contribution < -0.4 is 9.46 Å². The molecule has 0 fully saturated rings. The van der Waals surface area contributed by atoms with E-state index in [-0.39, 0.29) is 21.9 Å². The van der Waals surface area contributed by atoms with E-state index in [1.165, 1.54) is 43.3 Å². The lowest BCUT2D eigenvalue weighted by Crippen LogP contribution is -2.16. The van der Waals surface area contributed by atoms with E-state index in [1.807, 2.05) is 0 Å². The summed E-state index contributed by atoms with van der Waals surface area (Å²) < 4.78 is 56.2. The van der Waals surface area contributed by atoms with Crippen LogP contribution in [-0.2, 0) is 10.0 Å². The van der Waals surface area contributed by atoms with Crippen molar-refractivity contribution in [3.05, 3.63) is 53.6 Å². The van der Waals surface area contributed by atoms with Gasteiger partial charge in [-0.05, 0) is 36.8 Å². The Hall–Kier alpha value is -2.68. The van der Waals surface area contributed by atoms with Crippen molar-refractivity contribution in [2.45, 2.75) is 18.4 Å². The molecule has 128 valence electrons. The Morgan fingerprint density at radius 1 is 1.21 bits per heavy atom. The molecular formula is C15H13F2NO5S. The fourth-order valence-corrected chi connectivity index (χ4v) is 3.31. The monoisotopic (exact) mass is 357 g/mol. The first-order chi connectivity index (χ1) is 11.2. The van der Waals surface area contributed by atoms with Crippen LogP contribution in [0.3, 0.4) is 0 Å². The van der Waals surface area contributed by atoms with Crippen molar-refractivity contribution in [3.8, 4) is 5.75 Å². The highest BCUT2D eigenvalue weighted by Gasteiger charge is 2.21. The SMILES string of the molecule is Cc1ccc(C(=O)O)cc1S(=O)(=O)Nc1ccccc1OC(F)F. The van der Waals surface area contributed by atoms with Gasteiger partial charge in [0.1, 0.15) is 5.75 Å². The molecule has 0 saturated carbocycles. The van der Waals surface area contributed by atoms with Gasteiger partial charge in [-0.2, -0.15) is 8.78 Å². The van der Waals surface area contributed by atoms with Crippen LogP contribution in [0.1, 0.15) is 15.9 Å². The fraction of sp³-hybridized carbons (Fsp3) is 0.133. The molecule has 0 atom stereocenters. The molecule has 2 N–H and O–H groups in total. The number of para-hydroxylation sites is 2. The lowest BCUT2D eigenvalue weighted by atomic mass is 10.1. The van der Waals surface area contributed by atoms with Gasteiger partial charge in [0.25, 0.3) is 10.0 Å². The minimum Gasteiger partial charge on any atom is -0.478 e. The molecule has 0 aliphatic rings. The zero-order valence-corrected chi connectivity index (χ0v) is 13.2. The number of anilines is 1. The van der Waals surface area contributed by atoms with Gasteiger partial charge in [0, 0.05) is 0 Å². The van der Waals surface area contributed by atoms with Crippen molar-refractivity contribution in [3.63, 3.8) is 0 Å². The standard InChI is InChI=1S/C15H13F2NO5S/c1-9-6-7-10(14(19)20)8-13(9)24(21,22)18-11-4-2-3-5-12(11)23-15(16)17/h2-8,15,18H,1H3,(H,19,20). The molecule has 2 rings (SSSR count). The normalized spacial score (nSPS) is 11.3. The third-order valence-electron chi connectivity index (χ3n) is 3.07. The predicted molar refractivity (Wildman–Crippen MR) is 82.0 cm³/mol. The van der Waals surface area contributed by atoms with Crippen molar-refractivity contribution in [2.75, 3.05) is 4.72 Å². The zero-order valence-electron chi connectivity index (χ0n) is 12.4. The molecule has 0 saturated heterocycles. The second kappa shape index (κ2) is 6.83. The molecule has 0 radical (unpaired) electrons. The molecule has 24 heavy (non-hydrogen) atoms. The van der Waals surface area contributed by atoms with Crippen LogP contribution in [-0.4, -0.2) is 26.1 Å². The van der Waals surface area contributed by atoms with E-state index in [2.05, 4.69) is 9.46 Å². The number of rotatable bonds is 6. The van der Waals surface area contributed by atoms with Gasteiger partial charge in [-0.1, -0.05) is 18.2 Å². The van der Waals surface area contributed by atoms with Crippen molar-refractivity contribution in [1.29, 1.82) is 0 Å². The molecule has 9 heteroatoms. The lowest BCUT2D eigenvalue weighted by Gasteiger charge is -2.14. The number of carboxylic acids is 1. The van der Waals surface area contributed by atoms with Crippen molar-refractivity contribution in [2.24, 2.45) is 0 Å². The highest BCUT2D eigenvalue weighted by molar-refractivity contribution is 7.92. The number of carbonyl (C=O) groups is 1.